The summed E-state index contributed by atoms with van der Waals surface area (Å²) in [6.45, 7) is 7.28. The van der Waals surface area contributed by atoms with Crippen LogP contribution in [-0.4, -0.2) is 43.7 Å². The minimum Gasteiger partial charge on any atom is -0.480 e. The molecule has 17 heavy (non-hydrogen) atoms. The Labute approximate surface area is 115 Å². The van der Waals surface area contributed by atoms with Gasteiger partial charge in [0.2, 0.25) is 0 Å². The summed E-state index contributed by atoms with van der Waals surface area (Å²) in [5.74, 6) is -0.984. The maximum Gasteiger partial charge on any atom is 0.411 e. The lowest BCUT2D eigenvalue weighted by atomic mass is 10.00. The molecule has 0 aromatic carbocycles. The van der Waals surface area contributed by atoms with Crippen LogP contribution < -0.4 is 0 Å². The molecule has 0 radical (unpaired) electrons. The van der Waals surface area contributed by atoms with E-state index in [9.17, 15) is 14.7 Å². The maximum absolute atomic E-state index is 12.0. The SMILES string of the molecule is CC(C)(C)OC(=O)N1C[C@H](I)C[C@@]1(C)C(=O)O. The molecule has 0 bridgehead atoms. The molecule has 1 aliphatic rings. The third-order valence-corrected chi connectivity index (χ3v) is 3.50. The monoisotopic (exact) mass is 355 g/mol. The van der Waals surface area contributed by atoms with Crippen molar-refractivity contribution in [2.75, 3.05) is 6.54 Å². The van der Waals surface area contributed by atoms with Crippen molar-refractivity contribution in [1.82, 2.24) is 4.90 Å². The summed E-state index contributed by atoms with van der Waals surface area (Å²) in [4.78, 5) is 24.6. The van der Waals surface area contributed by atoms with Gasteiger partial charge in [-0.25, -0.2) is 9.59 Å². The fourth-order valence-electron chi connectivity index (χ4n) is 1.80. The highest BCUT2D eigenvalue weighted by Crippen LogP contribution is 2.34. The van der Waals surface area contributed by atoms with Crippen LogP contribution in [0.15, 0.2) is 0 Å². The lowest BCUT2D eigenvalue weighted by Gasteiger charge is -2.32. The molecule has 6 heteroatoms. The lowest BCUT2D eigenvalue weighted by Crippen LogP contribution is -2.52. The number of halogens is 1. The molecular formula is C11H18INO4. The van der Waals surface area contributed by atoms with Crippen LogP contribution in [0.2, 0.25) is 0 Å². The fourth-order valence-corrected chi connectivity index (χ4v) is 3.05. The molecule has 0 spiro atoms. The lowest BCUT2D eigenvalue weighted by molar-refractivity contribution is -0.148. The zero-order valence-corrected chi connectivity index (χ0v) is 12.6. The number of hydrogen-bond donors (Lipinski definition) is 1. The molecule has 0 aromatic rings. The topological polar surface area (TPSA) is 66.8 Å². The summed E-state index contributed by atoms with van der Waals surface area (Å²) in [7, 11) is 0. The van der Waals surface area contributed by atoms with E-state index in [4.69, 9.17) is 4.74 Å². The number of hydrogen-bond acceptors (Lipinski definition) is 3. The highest BCUT2D eigenvalue weighted by Gasteiger charge is 2.50. The number of nitrogens with zero attached hydrogens (tertiary/aromatic N) is 1. The predicted octanol–water partition coefficient (Wildman–Crippen LogP) is 2.27. The molecule has 0 aromatic heterocycles. The Balaban J connectivity index is 2.88. The van der Waals surface area contributed by atoms with E-state index in [1.165, 1.54) is 4.90 Å². The van der Waals surface area contributed by atoms with E-state index in [1.807, 2.05) is 0 Å². The normalized spacial score (nSPS) is 29.2. The first-order chi connectivity index (χ1) is 7.56. The molecule has 1 amide bonds. The fraction of sp³-hybridized carbons (Fsp3) is 0.818. The third kappa shape index (κ3) is 3.23. The van der Waals surface area contributed by atoms with Crippen molar-refractivity contribution in [1.29, 1.82) is 0 Å². The van der Waals surface area contributed by atoms with E-state index in [0.29, 0.717) is 13.0 Å². The highest BCUT2D eigenvalue weighted by atomic mass is 127. The van der Waals surface area contributed by atoms with E-state index in [0.717, 1.165) is 0 Å². The molecule has 98 valence electrons. The van der Waals surface area contributed by atoms with Gasteiger partial charge < -0.3 is 9.84 Å². The Morgan fingerprint density at radius 1 is 1.47 bits per heavy atom. The Bertz CT molecular complexity index is 339. The first kappa shape index (κ1) is 14.5. The number of carboxylic acids is 1. The summed E-state index contributed by atoms with van der Waals surface area (Å²) in [6.07, 6.45) is -0.108. The van der Waals surface area contributed by atoms with Gasteiger partial charge in [0.15, 0.2) is 0 Å². The van der Waals surface area contributed by atoms with Crippen molar-refractivity contribution in [3.05, 3.63) is 0 Å². The van der Waals surface area contributed by atoms with Gasteiger partial charge in [-0.2, -0.15) is 0 Å². The third-order valence-electron chi connectivity index (χ3n) is 2.67. The van der Waals surface area contributed by atoms with E-state index < -0.39 is 23.2 Å². The Hall–Kier alpha value is -0.530. The first-order valence-electron chi connectivity index (χ1n) is 5.44. The molecular weight excluding hydrogens is 337 g/mol. The molecule has 5 nitrogen and oxygen atoms in total. The number of ether oxygens (including phenoxy) is 1. The average molecular weight is 355 g/mol. The van der Waals surface area contributed by atoms with Gasteiger partial charge in [-0.3, -0.25) is 4.90 Å². The van der Waals surface area contributed by atoms with Crippen LogP contribution in [0, 0.1) is 0 Å². The number of carbonyl (C=O) groups excluding carboxylic acids is 1. The Kier molecular flexibility index (Phi) is 3.95. The molecule has 1 fully saturated rings. The molecule has 1 saturated heterocycles. The smallest absolute Gasteiger partial charge is 0.411 e. The van der Waals surface area contributed by atoms with Crippen molar-refractivity contribution in [2.45, 2.75) is 49.2 Å². The number of alkyl halides is 1. The van der Waals surface area contributed by atoms with Gasteiger partial charge in [-0.05, 0) is 34.1 Å². The summed E-state index contributed by atoms with van der Waals surface area (Å²) < 4.78 is 5.38. The van der Waals surface area contributed by atoms with Crippen molar-refractivity contribution >= 4 is 34.7 Å². The van der Waals surface area contributed by atoms with Gasteiger partial charge >= 0.3 is 12.1 Å². The van der Waals surface area contributed by atoms with Crippen molar-refractivity contribution < 1.29 is 19.4 Å². The van der Waals surface area contributed by atoms with E-state index in [2.05, 4.69) is 22.6 Å². The Morgan fingerprint density at radius 2 is 2.00 bits per heavy atom. The average Bonchev–Trinajstić information content (AvgIpc) is 2.40. The highest BCUT2D eigenvalue weighted by molar-refractivity contribution is 14.1. The van der Waals surface area contributed by atoms with Crippen LogP contribution in [0.4, 0.5) is 4.79 Å². The van der Waals surface area contributed by atoms with Crippen LogP contribution >= 0.6 is 22.6 Å². The molecule has 1 N–H and O–H groups in total. The van der Waals surface area contributed by atoms with Crippen molar-refractivity contribution in [3.63, 3.8) is 0 Å². The minimum atomic E-state index is -1.16. The zero-order chi connectivity index (χ0) is 13.4. The van der Waals surface area contributed by atoms with Gasteiger partial charge in [-0.15, -0.1) is 0 Å². The second kappa shape index (κ2) is 4.62. The predicted molar refractivity (Wildman–Crippen MR) is 71.4 cm³/mol. The summed E-state index contributed by atoms with van der Waals surface area (Å²) >= 11 is 2.16. The van der Waals surface area contributed by atoms with E-state index >= 15 is 0 Å². The number of carbonyl (C=O) groups is 2. The summed E-state index contributed by atoms with van der Waals surface area (Å²) in [5, 5.41) is 9.26. The van der Waals surface area contributed by atoms with Crippen LogP contribution in [0.5, 0.6) is 0 Å². The first-order valence-corrected chi connectivity index (χ1v) is 6.69. The van der Waals surface area contributed by atoms with E-state index in [-0.39, 0.29) is 3.92 Å². The standard InChI is InChI=1S/C11H18INO4/c1-10(2,3)17-9(16)13-6-7(12)5-11(13,4)8(14)15/h7H,5-6H2,1-4H3,(H,14,15)/t7-,11+/m1/s1. The molecule has 0 saturated carbocycles. The molecule has 0 aliphatic carbocycles. The van der Waals surface area contributed by atoms with Crippen LogP contribution in [0.1, 0.15) is 34.1 Å². The second-order valence-electron chi connectivity index (χ2n) is 5.47. The van der Waals surface area contributed by atoms with Crippen molar-refractivity contribution in [2.24, 2.45) is 0 Å². The molecule has 1 heterocycles. The molecule has 1 aliphatic heterocycles. The van der Waals surface area contributed by atoms with Gasteiger partial charge in [0.05, 0.1) is 0 Å². The quantitative estimate of drug-likeness (QED) is 0.579. The largest absolute Gasteiger partial charge is 0.480 e. The molecule has 2 atom stereocenters. The van der Waals surface area contributed by atoms with Gasteiger partial charge in [0, 0.05) is 10.5 Å². The zero-order valence-electron chi connectivity index (χ0n) is 10.5. The number of aliphatic carboxylic acids is 1. The summed E-state index contributed by atoms with van der Waals surface area (Å²) in [5.41, 5.74) is -1.77. The van der Waals surface area contributed by atoms with Crippen molar-refractivity contribution in [3.8, 4) is 0 Å². The summed E-state index contributed by atoms with van der Waals surface area (Å²) in [6, 6.07) is 0. The Morgan fingerprint density at radius 3 is 2.41 bits per heavy atom. The van der Waals surface area contributed by atoms with Crippen LogP contribution in [0.3, 0.4) is 0 Å². The second-order valence-corrected chi connectivity index (χ2v) is 7.23. The number of amides is 1. The number of carboxylic acid groups (broad SMARTS) is 1. The van der Waals surface area contributed by atoms with E-state index in [1.54, 1.807) is 27.7 Å². The van der Waals surface area contributed by atoms with Gasteiger partial charge in [0.1, 0.15) is 11.1 Å². The van der Waals surface area contributed by atoms with Crippen LogP contribution in [0.25, 0.3) is 0 Å². The molecule has 0 unspecified atom stereocenters. The van der Waals surface area contributed by atoms with Gasteiger partial charge in [-0.1, -0.05) is 22.6 Å². The minimum absolute atomic E-state index is 0.140. The maximum atomic E-state index is 12.0. The van der Waals surface area contributed by atoms with Crippen LogP contribution in [-0.2, 0) is 9.53 Å². The molecule has 1 rings (SSSR count). The number of likely N-dealkylation sites (tertiary alicyclic amines) is 1. The van der Waals surface area contributed by atoms with Gasteiger partial charge in [0.25, 0.3) is 0 Å². The number of rotatable bonds is 1.